The Labute approximate surface area is 192 Å². The number of piperidine rings is 1. The van der Waals surface area contributed by atoms with Crippen LogP contribution in [0.2, 0.25) is 0 Å². The molecule has 7 nitrogen and oxygen atoms in total. The summed E-state index contributed by atoms with van der Waals surface area (Å²) in [5.41, 5.74) is 2.60. The van der Waals surface area contributed by atoms with E-state index in [0.29, 0.717) is 24.6 Å². The maximum Gasteiger partial charge on any atom is 0.270 e. The number of aromatic amines is 1. The lowest BCUT2D eigenvalue weighted by atomic mass is 9.97. The van der Waals surface area contributed by atoms with Gasteiger partial charge in [0.15, 0.2) is 5.89 Å². The van der Waals surface area contributed by atoms with Crippen LogP contribution in [0.25, 0.3) is 10.9 Å². The number of methoxy groups -OCH3 is 2. The minimum atomic E-state index is -0.0111. The van der Waals surface area contributed by atoms with Gasteiger partial charge in [-0.15, -0.1) is 0 Å². The van der Waals surface area contributed by atoms with Crippen LogP contribution in [0.4, 0.5) is 0 Å². The van der Waals surface area contributed by atoms with Gasteiger partial charge in [0.25, 0.3) is 5.91 Å². The van der Waals surface area contributed by atoms with Crippen molar-refractivity contribution >= 4 is 16.8 Å². The fourth-order valence-electron chi connectivity index (χ4n) is 4.49. The molecule has 4 aromatic rings. The number of nitrogens with zero attached hydrogens (tertiary/aromatic N) is 2. The van der Waals surface area contributed by atoms with Crippen LogP contribution in [-0.4, -0.2) is 48.1 Å². The van der Waals surface area contributed by atoms with E-state index in [9.17, 15) is 4.79 Å². The minimum Gasteiger partial charge on any atom is -0.497 e. The van der Waals surface area contributed by atoms with Gasteiger partial charge in [-0.05, 0) is 48.7 Å². The van der Waals surface area contributed by atoms with Crippen molar-refractivity contribution in [2.24, 2.45) is 0 Å². The molecule has 1 aliphatic rings. The van der Waals surface area contributed by atoms with Gasteiger partial charge in [-0.2, -0.15) is 0 Å². The quantitative estimate of drug-likeness (QED) is 0.462. The van der Waals surface area contributed by atoms with Gasteiger partial charge >= 0.3 is 0 Å². The number of H-pyrrole nitrogens is 1. The number of carbonyl (C=O) groups is 1. The summed E-state index contributed by atoms with van der Waals surface area (Å²) in [7, 11) is 3.29. The van der Waals surface area contributed by atoms with Crippen molar-refractivity contribution in [3.8, 4) is 11.5 Å². The number of amides is 1. The fraction of sp³-hybridized carbons (Fsp3) is 0.308. The molecule has 7 heteroatoms. The largest absolute Gasteiger partial charge is 0.497 e. The second-order valence-electron chi connectivity index (χ2n) is 8.38. The lowest BCUT2D eigenvalue weighted by molar-refractivity contribution is 0.0693. The molecule has 2 aromatic carbocycles. The van der Waals surface area contributed by atoms with Crippen molar-refractivity contribution in [3.05, 3.63) is 77.6 Å². The molecule has 3 heterocycles. The number of hydrogen-bond acceptors (Lipinski definition) is 5. The van der Waals surface area contributed by atoms with E-state index in [1.807, 2.05) is 53.4 Å². The zero-order chi connectivity index (χ0) is 22.8. The Bertz CT molecular complexity index is 1260. The van der Waals surface area contributed by atoms with Gasteiger partial charge in [0.05, 0.1) is 26.3 Å². The standard InChI is InChI=1S/C26H27N3O4/c1-31-19-10-8-17(9-11-19)13-20-15-27-25(33-20)18-5-4-12-29(16-18)26(30)23-14-21-22(28-23)6-3-7-24(21)32-2/h3,6-11,14-15,18,28H,4-5,12-13,16H2,1-2H3/t18-/m1/s1. The Hall–Kier alpha value is -3.74. The van der Waals surface area contributed by atoms with Crippen molar-refractivity contribution in [1.29, 1.82) is 0 Å². The van der Waals surface area contributed by atoms with Gasteiger partial charge in [-0.3, -0.25) is 4.79 Å². The average molecular weight is 446 g/mol. The van der Waals surface area contributed by atoms with E-state index in [1.54, 1.807) is 20.4 Å². The molecule has 1 atom stereocenters. The Morgan fingerprint density at radius 2 is 2.03 bits per heavy atom. The van der Waals surface area contributed by atoms with Crippen LogP contribution >= 0.6 is 0 Å². The third kappa shape index (κ3) is 4.31. The number of aromatic nitrogens is 2. The first-order valence-corrected chi connectivity index (χ1v) is 11.2. The van der Waals surface area contributed by atoms with Crippen molar-refractivity contribution < 1.29 is 18.7 Å². The number of fused-ring (bicyclic) bond motifs is 1. The van der Waals surface area contributed by atoms with E-state index in [0.717, 1.165) is 53.1 Å². The van der Waals surface area contributed by atoms with E-state index in [1.165, 1.54) is 0 Å². The molecule has 0 aliphatic carbocycles. The number of nitrogens with one attached hydrogen (secondary N) is 1. The van der Waals surface area contributed by atoms with Gasteiger partial charge in [0.1, 0.15) is 23.0 Å². The third-order valence-corrected chi connectivity index (χ3v) is 6.24. The van der Waals surface area contributed by atoms with Gasteiger partial charge in [-0.25, -0.2) is 4.98 Å². The Balaban J connectivity index is 1.28. The maximum absolute atomic E-state index is 13.2. The van der Waals surface area contributed by atoms with E-state index >= 15 is 0 Å². The zero-order valence-electron chi connectivity index (χ0n) is 18.8. The summed E-state index contributed by atoms with van der Waals surface area (Å²) >= 11 is 0. The molecule has 0 radical (unpaired) electrons. The molecule has 1 amide bonds. The van der Waals surface area contributed by atoms with Gasteiger partial charge in [0.2, 0.25) is 0 Å². The lowest BCUT2D eigenvalue weighted by Crippen LogP contribution is -2.39. The second kappa shape index (κ2) is 9.02. The molecular weight excluding hydrogens is 418 g/mol. The SMILES string of the molecule is COc1ccc(Cc2cnc([C@@H]3CCCN(C(=O)c4cc5c(OC)cccc5[nH]4)C3)o2)cc1. The van der Waals surface area contributed by atoms with Crippen molar-refractivity contribution in [1.82, 2.24) is 14.9 Å². The summed E-state index contributed by atoms with van der Waals surface area (Å²) in [5.74, 6) is 3.19. The topological polar surface area (TPSA) is 80.6 Å². The highest BCUT2D eigenvalue weighted by Crippen LogP contribution is 2.30. The van der Waals surface area contributed by atoms with Crippen LogP contribution in [0.15, 0.2) is 59.1 Å². The van der Waals surface area contributed by atoms with E-state index in [-0.39, 0.29) is 11.8 Å². The first-order valence-electron chi connectivity index (χ1n) is 11.2. The van der Waals surface area contributed by atoms with Gasteiger partial charge in [0, 0.05) is 30.4 Å². The molecular formula is C26H27N3O4. The summed E-state index contributed by atoms with van der Waals surface area (Å²) in [6.07, 6.45) is 4.33. The van der Waals surface area contributed by atoms with Crippen LogP contribution in [-0.2, 0) is 6.42 Å². The molecule has 1 N–H and O–H groups in total. The van der Waals surface area contributed by atoms with Crippen LogP contribution < -0.4 is 9.47 Å². The van der Waals surface area contributed by atoms with Crippen molar-refractivity contribution in [2.45, 2.75) is 25.2 Å². The molecule has 1 fully saturated rings. The van der Waals surface area contributed by atoms with Gasteiger partial charge < -0.3 is 23.8 Å². The highest BCUT2D eigenvalue weighted by Gasteiger charge is 2.29. The number of oxazole rings is 1. The summed E-state index contributed by atoms with van der Waals surface area (Å²) < 4.78 is 16.7. The van der Waals surface area contributed by atoms with E-state index in [4.69, 9.17) is 13.9 Å². The third-order valence-electron chi connectivity index (χ3n) is 6.24. The summed E-state index contributed by atoms with van der Waals surface area (Å²) in [4.78, 5) is 22.9. The molecule has 2 aromatic heterocycles. The van der Waals surface area contributed by atoms with Gasteiger partial charge in [-0.1, -0.05) is 18.2 Å². The number of hydrogen-bond donors (Lipinski definition) is 1. The number of carbonyl (C=O) groups excluding carboxylic acids is 1. The normalized spacial score (nSPS) is 16.2. The molecule has 5 rings (SSSR count). The Morgan fingerprint density at radius 3 is 2.82 bits per heavy atom. The molecule has 1 aliphatic heterocycles. The van der Waals surface area contributed by atoms with Crippen LogP contribution in [0, 0.1) is 0 Å². The van der Waals surface area contributed by atoms with Crippen LogP contribution in [0.5, 0.6) is 11.5 Å². The number of ether oxygens (including phenoxy) is 2. The van der Waals surface area contributed by atoms with Crippen LogP contribution in [0.3, 0.4) is 0 Å². The highest BCUT2D eigenvalue weighted by molar-refractivity contribution is 5.99. The smallest absolute Gasteiger partial charge is 0.270 e. The minimum absolute atomic E-state index is 0.0111. The summed E-state index contributed by atoms with van der Waals surface area (Å²) in [5, 5.41) is 0.910. The van der Waals surface area contributed by atoms with E-state index in [2.05, 4.69) is 9.97 Å². The Morgan fingerprint density at radius 1 is 1.18 bits per heavy atom. The predicted octanol–water partition coefficient (Wildman–Crippen LogP) is 4.78. The molecule has 0 saturated carbocycles. The first-order chi connectivity index (χ1) is 16.1. The Kier molecular flexibility index (Phi) is 5.77. The van der Waals surface area contributed by atoms with Crippen molar-refractivity contribution in [3.63, 3.8) is 0 Å². The van der Waals surface area contributed by atoms with Crippen LogP contribution in [0.1, 0.15) is 46.5 Å². The monoisotopic (exact) mass is 445 g/mol. The second-order valence-corrected chi connectivity index (χ2v) is 8.38. The first kappa shape index (κ1) is 21.1. The zero-order valence-corrected chi connectivity index (χ0v) is 18.8. The predicted molar refractivity (Wildman–Crippen MR) is 125 cm³/mol. The van der Waals surface area contributed by atoms with E-state index < -0.39 is 0 Å². The average Bonchev–Trinajstić information content (AvgIpc) is 3.51. The van der Waals surface area contributed by atoms with Crippen molar-refractivity contribution in [2.75, 3.05) is 27.3 Å². The lowest BCUT2D eigenvalue weighted by Gasteiger charge is -2.31. The number of rotatable bonds is 6. The molecule has 33 heavy (non-hydrogen) atoms. The molecule has 1 saturated heterocycles. The fourth-order valence-corrected chi connectivity index (χ4v) is 4.49. The number of benzene rings is 2. The molecule has 170 valence electrons. The summed E-state index contributed by atoms with van der Waals surface area (Å²) in [6.45, 7) is 1.31. The summed E-state index contributed by atoms with van der Waals surface area (Å²) in [6, 6.07) is 15.6. The molecule has 0 unspecified atom stereocenters. The highest BCUT2D eigenvalue weighted by atomic mass is 16.5. The molecule has 0 bridgehead atoms. The molecule has 0 spiro atoms. The maximum atomic E-state index is 13.2. The number of likely N-dealkylation sites (tertiary alicyclic amines) is 1.